The fourth-order valence-corrected chi connectivity index (χ4v) is 1.78. The van der Waals surface area contributed by atoms with E-state index in [0.29, 0.717) is 11.1 Å². The second kappa shape index (κ2) is 6.53. The molecule has 0 aliphatic carbocycles. The zero-order chi connectivity index (χ0) is 16.1. The van der Waals surface area contributed by atoms with E-state index in [2.05, 4.69) is 4.84 Å². The summed E-state index contributed by atoms with van der Waals surface area (Å²) in [6.07, 6.45) is 0. The summed E-state index contributed by atoms with van der Waals surface area (Å²) in [6, 6.07) is 12.4. The molecule has 0 aliphatic rings. The summed E-state index contributed by atoms with van der Waals surface area (Å²) in [5, 5.41) is 9.02. The molecule has 0 saturated heterocycles. The monoisotopic (exact) mass is 299 g/mol. The Labute approximate surface area is 126 Å². The molecule has 6 nitrogen and oxygen atoms in total. The molecule has 0 atom stereocenters. The number of benzene rings is 2. The molecule has 0 heterocycles. The Bertz CT molecular complexity index is 725. The standard InChI is InChI=1S/C16H13NO5/c1-10-7-8-12(9-13(10)15(19)20)16(21)22-17-14(18)11-5-3-2-4-6-11/h2-9H,1H3,(H,17,18)(H,19,20). The molecule has 2 N–H and O–H groups in total. The van der Waals surface area contributed by atoms with Gasteiger partial charge in [0.25, 0.3) is 5.91 Å². The SMILES string of the molecule is Cc1ccc(C(=O)ONC(=O)c2ccccc2)cc1C(=O)O. The van der Waals surface area contributed by atoms with Gasteiger partial charge in [-0.25, -0.2) is 9.59 Å². The third-order valence-corrected chi connectivity index (χ3v) is 2.98. The lowest BCUT2D eigenvalue weighted by Crippen LogP contribution is -2.27. The molecule has 0 aliphatic heterocycles. The van der Waals surface area contributed by atoms with Crippen LogP contribution in [0.15, 0.2) is 48.5 Å². The van der Waals surface area contributed by atoms with Gasteiger partial charge >= 0.3 is 11.9 Å². The van der Waals surface area contributed by atoms with Gasteiger partial charge in [-0.05, 0) is 36.8 Å². The van der Waals surface area contributed by atoms with E-state index in [1.165, 1.54) is 18.2 Å². The third-order valence-electron chi connectivity index (χ3n) is 2.98. The van der Waals surface area contributed by atoms with Crippen LogP contribution in [0.4, 0.5) is 0 Å². The van der Waals surface area contributed by atoms with Crippen molar-refractivity contribution < 1.29 is 24.3 Å². The maximum Gasteiger partial charge on any atom is 0.362 e. The number of aryl methyl sites for hydroxylation is 1. The van der Waals surface area contributed by atoms with Crippen LogP contribution in [0.3, 0.4) is 0 Å². The molecular formula is C16H13NO5. The normalized spacial score (nSPS) is 9.86. The number of hydrogen-bond acceptors (Lipinski definition) is 4. The van der Waals surface area contributed by atoms with Gasteiger partial charge in [-0.1, -0.05) is 24.3 Å². The summed E-state index contributed by atoms with van der Waals surface area (Å²) in [7, 11) is 0. The molecule has 0 saturated carbocycles. The van der Waals surface area contributed by atoms with Crippen molar-refractivity contribution in [3.05, 3.63) is 70.8 Å². The molecule has 6 heteroatoms. The second-order valence-electron chi connectivity index (χ2n) is 4.52. The predicted molar refractivity (Wildman–Crippen MR) is 77.5 cm³/mol. The minimum Gasteiger partial charge on any atom is -0.478 e. The predicted octanol–water partition coefficient (Wildman–Crippen LogP) is 2.20. The molecule has 0 aromatic heterocycles. The number of nitrogens with one attached hydrogen (secondary N) is 1. The van der Waals surface area contributed by atoms with E-state index in [4.69, 9.17) is 5.11 Å². The highest BCUT2D eigenvalue weighted by Crippen LogP contribution is 2.12. The highest BCUT2D eigenvalue weighted by molar-refractivity contribution is 5.97. The van der Waals surface area contributed by atoms with Gasteiger partial charge in [-0.3, -0.25) is 4.79 Å². The van der Waals surface area contributed by atoms with Crippen molar-refractivity contribution in [2.75, 3.05) is 0 Å². The van der Waals surface area contributed by atoms with E-state index < -0.39 is 17.8 Å². The van der Waals surface area contributed by atoms with Crippen LogP contribution in [0.1, 0.15) is 36.6 Å². The molecule has 0 spiro atoms. The van der Waals surface area contributed by atoms with Gasteiger partial charge in [0.2, 0.25) is 0 Å². The lowest BCUT2D eigenvalue weighted by molar-refractivity contribution is 0.0230. The number of carboxylic acid groups (broad SMARTS) is 1. The quantitative estimate of drug-likeness (QED) is 0.847. The van der Waals surface area contributed by atoms with Crippen molar-refractivity contribution >= 4 is 17.8 Å². The van der Waals surface area contributed by atoms with Crippen LogP contribution in [-0.2, 0) is 4.84 Å². The van der Waals surface area contributed by atoms with Crippen LogP contribution in [0.5, 0.6) is 0 Å². The van der Waals surface area contributed by atoms with Crippen LogP contribution in [0.2, 0.25) is 0 Å². The van der Waals surface area contributed by atoms with Gasteiger partial charge in [0.15, 0.2) is 0 Å². The first-order chi connectivity index (χ1) is 10.5. The first kappa shape index (κ1) is 15.2. The van der Waals surface area contributed by atoms with E-state index in [-0.39, 0.29) is 11.1 Å². The molecule has 0 unspecified atom stereocenters. The molecule has 2 aromatic rings. The molecule has 0 radical (unpaired) electrons. The fourth-order valence-electron chi connectivity index (χ4n) is 1.78. The minimum absolute atomic E-state index is 0.00355. The number of hydrogen-bond donors (Lipinski definition) is 2. The smallest absolute Gasteiger partial charge is 0.362 e. The molecule has 0 fully saturated rings. The summed E-state index contributed by atoms with van der Waals surface area (Å²) < 4.78 is 0. The van der Waals surface area contributed by atoms with E-state index in [0.717, 1.165) is 0 Å². The number of aromatic carboxylic acids is 1. The van der Waals surface area contributed by atoms with Crippen LogP contribution < -0.4 is 5.48 Å². The highest BCUT2D eigenvalue weighted by Gasteiger charge is 2.15. The van der Waals surface area contributed by atoms with Crippen molar-refractivity contribution in [3.63, 3.8) is 0 Å². The minimum atomic E-state index is -1.14. The van der Waals surface area contributed by atoms with Crippen LogP contribution in [0.25, 0.3) is 0 Å². The van der Waals surface area contributed by atoms with E-state index >= 15 is 0 Å². The average molecular weight is 299 g/mol. The molecule has 0 bridgehead atoms. The number of hydroxylamine groups is 1. The van der Waals surface area contributed by atoms with Crippen molar-refractivity contribution in [2.45, 2.75) is 6.92 Å². The Morgan fingerprint density at radius 2 is 1.68 bits per heavy atom. The molecule has 112 valence electrons. The summed E-state index contributed by atoms with van der Waals surface area (Å²) in [6.45, 7) is 1.62. The summed E-state index contributed by atoms with van der Waals surface area (Å²) >= 11 is 0. The van der Waals surface area contributed by atoms with E-state index in [1.54, 1.807) is 37.3 Å². The second-order valence-corrected chi connectivity index (χ2v) is 4.52. The zero-order valence-corrected chi connectivity index (χ0v) is 11.7. The Kier molecular flexibility index (Phi) is 4.53. The molecular weight excluding hydrogens is 286 g/mol. The van der Waals surface area contributed by atoms with Gasteiger partial charge in [0.05, 0.1) is 11.1 Å². The first-order valence-corrected chi connectivity index (χ1v) is 6.39. The lowest BCUT2D eigenvalue weighted by atomic mass is 10.1. The maximum atomic E-state index is 11.8. The van der Waals surface area contributed by atoms with Gasteiger partial charge < -0.3 is 9.94 Å². The average Bonchev–Trinajstić information content (AvgIpc) is 2.53. The van der Waals surface area contributed by atoms with Gasteiger partial charge in [0.1, 0.15) is 0 Å². The van der Waals surface area contributed by atoms with Crippen molar-refractivity contribution in [1.82, 2.24) is 5.48 Å². The Morgan fingerprint density at radius 1 is 1.00 bits per heavy atom. The molecule has 2 aromatic carbocycles. The number of rotatable bonds is 3. The molecule has 1 amide bonds. The molecule has 2 rings (SSSR count). The number of carboxylic acids is 1. The van der Waals surface area contributed by atoms with Crippen LogP contribution in [-0.4, -0.2) is 23.0 Å². The summed E-state index contributed by atoms with van der Waals surface area (Å²) in [4.78, 5) is 39.3. The fraction of sp³-hybridized carbons (Fsp3) is 0.0625. The van der Waals surface area contributed by atoms with Crippen molar-refractivity contribution in [3.8, 4) is 0 Å². The van der Waals surface area contributed by atoms with E-state index in [1.807, 2.05) is 5.48 Å². The topological polar surface area (TPSA) is 92.7 Å². The largest absolute Gasteiger partial charge is 0.478 e. The maximum absolute atomic E-state index is 11.8. The summed E-state index contributed by atoms with van der Waals surface area (Å²) in [5.41, 5.74) is 2.93. The van der Waals surface area contributed by atoms with Crippen LogP contribution >= 0.6 is 0 Å². The third kappa shape index (κ3) is 3.49. The number of amides is 1. The highest BCUT2D eigenvalue weighted by atomic mass is 16.7. The van der Waals surface area contributed by atoms with Gasteiger partial charge in [-0.2, -0.15) is 5.48 Å². The van der Waals surface area contributed by atoms with Gasteiger partial charge in [0, 0.05) is 5.56 Å². The van der Waals surface area contributed by atoms with E-state index in [9.17, 15) is 14.4 Å². The van der Waals surface area contributed by atoms with Gasteiger partial charge in [-0.15, -0.1) is 0 Å². The Hall–Kier alpha value is -3.15. The zero-order valence-electron chi connectivity index (χ0n) is 11.7. The number of carbonyl (C=O) groups excluding carboxylic acids is 2. The Balaban J connectivity index is 2.05. The van der Waals surface area contributed by atoms with Crippen LogP contribution in [0, 0.1) is 6.92 Å². The summed E-state index contributed by atoms with van der Waals surface area (Å²) in [5.74, 6) is -2.55. The first-order valence-electron chi connectivity index (χ1n) is 6.39. The number of carbonyl (C=O) groups is 3. The van der Waals surface area contributed by atoms with Crippen molar-refractivity contribution in [1.29, 1.82) is 0 Å². The van der Waals surface area contributed by atoms with Crippen molar-refractivity contribution in [2.24, 2.45) is 0 Å². The molecule has 22 heavy (non-hydrogen) atoms. The Morgan fingerprint density at radius 3 is 2.32 bits per heavy atom. The lowest BCUT2D eigenvalue weighted by Gasteiger charge is -2.07.